The normalized spacial score (nSPS) is 16.4. The van der Waals surface area contributed by atoms with Gasteiger partial charge in [-0.3, -0.25) is 0 Å². The van der Waals surface area contributed by atoms with Gasteiger partial charge >= 0.3 is 0 Å². The molecular formula is C17H18F2N2O2S. The standard InChI is InChI=1S/C17H18F2N2O2S/c1-13-2-5-15(6-3-13)24(22,23)21-10-8-20(9-11-21)17-7-4-14(18)12-16(17)19/h2-7,12H,8-11H2,1H3. The van der Waals surface area contributed by atoms with Crippen molar-refractivity contribution in [3.05, 3.63) is 59.7 Å². The van der Waals surface area contributed by atoms with Crippen molar-refractivity contribution < 1.29 is 17.2 Å². The van der Waals surface area contributed by atoms with Gasteiger partial charge in [0.1, 0.15) is 11.6 Å². The summed E-state index contributed by atoms with van der Waals surface area (Å²) in [6.07, 6.45) is 0. The Kier molecular flexibility index (Phi) is 4.56. The van der Waals surface area contributed by atoms with Crippen LogP contribution in [0.2, 0.25) is 0 Å². The van der Waals surface area contributed by atoms with E-state index in [1.807, 2.05) is 6.92 Å². The van der Waals surface area contributed by atoms with Crippen molar-refractivity contribution >= 4 is 15.7 Å². The lowest BCUT2D eigenvalue weighted by Gasteiger charge is -2.35. The largest absolute Gasteiger partial charge is 0.367 e. The van der Waals surface area contributed by atoms with Crippen LogP contribution in [-0.4, -0.2) is 38.9 Å². The number of aryl methyl sites for hydroxylation is 1. The van der Waals surface area contributed by atoms with Crippen molar-refractivity contribution in [3.63, 3.8) is 0 Å². The van der Waals surface area contributed by atoms with Crippen LogP contribution in [0.1, 0.15) is 5.56 Å². The minimum atomic E-state index is -3.55. The SMILES string of the molecule is Cc1ccc(S(=O)(=O)N2CCN(c3ccc(F)cc3F)CC2)cc1. The molecule has 2 aromatic rings. The summed E-state index contributed by atoms with van der Waals surface area (Å²) in [6, 6.07) is 10.1. The number of benzene rings is 2. The topological polar surface area (TPSA) is 40.6 Å². The lowest BCUT2D eigenvalue weighted by Crippen LogP contribution is -2.48. The van der Waals surface area contributed by atoms with Gasteiger partial charge in [0.05, 0.1) is 10.6 Å². The van der Waals surface area contributed by atoms with E-state index in [1.54, 1.807) is 29.2 Å². The highest BCUT2D eigenvalue weighted by molar-refractivity contribution is 7.89. The van der Waals surface area contributed by atoms with Gasteiger partial charge in [0, 0.05) is 32.2 Å². The lowest BCUT2D eigenvalue weighted by molar-refractivity contribution is 0.383. The van der Waals surface area contributed by atoms with Gasteiger partial charge < -0.3 is 4.90 Å². The molecule has 0 aliphatic carbocycles. The van der Waals surface area contributed by atoms with Crippen LogP contribution in [0, 0.1) is 18.6 Å². The molecule has 3 rings (SSSR count). The molecule has 0 aromatic heterocycles. The highest BCUT2D eigenvalue weighted by atomic mass is 32.2. The van der Waals surface area contributed by atoms with E-state index < -0.39 is 21.7 Å². The molecular weight excluding hydrogens is 334 g/mol. The van der Waals surface area contributed by atoms with Crippen LogP contribution in [0.4, 0.5) is 14.5 Å². The first kappa shape index (κ1) is 16.9. The fourth-order valence-corrected chi connectivity index (χ4v) is 4.19. The zero-order valence-electron chi connectivity index (χ0n) is 13.2. The van der Waals surface area contributed by atoms with E-state index in [4.69, 9.17) is 0 Å². The van der Waals surface area contributed by atoms with Crippen molar-refractivity contribution in [1.29, 1.82) is 0 Å². The second-order valence-corrected chi connectivity index (χ2v) is 7.74. The Morgan fingerprint density at radius 3 is 2.12 bits per heavy atom. The van der Waals surface area contributed by atoms with E-state index in [-0.39, 0.29) is 18.0 Å². The Balaban J connectivity index is 1.73. The molecule has 0 radical (unpaired) electrons. The third-order valence-electron chi connectivity index (χ3n) is 4.15. The Morgan fingerprint density at radius 1 is 0.917 bits per heavy atom. The molecule has 1 heterocycles. The van der Waals surface area contributed by atoms with E-state index in [0.717, 1.165) is 11.6 Å². The number of nitrogens with zero attached hydrogens (tertiary/aromatic N) is 2. The third kappa shape index (κ3) is 3.27. The van der Waals surface area contributed by atoms with E-state index in [0.29, 0.717) is 18.8 Å². The summed E-state index contributed by atoms with van der Waals surface area (Å²) in [5.74, 6) is -1.26. The highest BCUT2D eigenvalue weighted by Crippen LogP contribution is 2.24. The van der Waals surface area contributed by atoms with Crippen LogP contribution in [0.5, 0.6) is 0 Å². The maximum atomic E-state index is 13.9. The summed E-state index contributed by atoms with van der Waals surface area (Å²) in [5, 5.41) is 0. The first-order chi connectivity index (χ1) is 11.4. The molecule has 0 bridgehead atoms. The van der Waals surface area contributed by atoms with Gasteiger partial charge in [0.25, 0.3) is 0 Å². The molecule has 4 nitrogen and oxygen atoms in total. The fraction of sp³-hybridized carbons (Fsp3) is 0.294. The minimum absolute atomic E-state index is 0.257. The van der Waals surface area contributed by atoms with Gasteiger partial charge in [0.2, 0.25) is 10.0 Å². The predicted octanol–water partition coefficient (Wildman–Crippen LogP) is 2.78. The van der Waals surface area contributed by atoms with Crippen LogP contribution in [0.25, 0.3) is 0 Å². The van der Waals surface area contributed by atoms with Crippen LogP contribution in [0.15, 0.2) is 47.4 Å². The number of rotatable bonds is 3. The number of anilines is 1. The van der Waals surface area contributed by atoms with E-state index in [9.17, 15) is 17.2 Å². The molecule has 0 spiro atoms. The monoisotopic (exact) mass is 352 g/mol. The van der Waals surface area contributed by atoms with Crippen molar-refractivity contribution in [2.24, 2.45) is 0 Å². The van der Waals surface area contributed by atoms with Crippen molar-refractivity contribution in [2.45, 2.75) is 11.8 Å². The molecule has 128 valence electrons. The van der Waals surface area contributed by atoms with Gasteiger partial charge in [-0.1, -0.05) is 17.7 Å². The molecule has 24 heavy (non-hydrogen) atoms. The average molecular weight is 352 g/mol. The molecule has 0 N–H and O–H groups in total. The van der Waals surface area contributed by atoms with Crippen LogP contribution in [-0.2, 0) is 10.0 Å². The minimum Gasteiger partial charge on any atom is -0.367 e. The number of hydrogen-bond acceptors (Lipinski definition) is 3. The summed E-state index contributed by atoms with van der Waals surface area (Å²) in [6.45, 7) is 3.12. The Hall–Kier alpha value is -1.99. The first-order valence-corrected chi connectivity index (χ1v) is 9.09. The van der Waals surface area contributed by atoms with E-state index in [2.05, 4.69) is 0 Å². The molecule has 0 saturated carbocycles. The molecule has 0 unspecified atom stereocenters. The van der Waals surface area contributed by atoms with E-state index in [1.165, 1.54) is 16.4 Å². The summed E-state index contributed by atoms with van der Waals surface area (Å²) in [7, 11) is -3.55. The van der Waals surface area contributed by atoms with Crippen molar-refractivity contribution in [2.75, 3.05) is 31.1 Å². The van der Waals surface area contributed by atoms with Crippen LogP contribution in [0.3, 0.4) is 0 Å². The molecule has 1 saturated heterocycles. The lowest BCUT2D eigenvalue weighted by atomic mass is 10.2. The highest BCUT2D eigenvalue weighted by Gasteiger charge is 2.29. The summed E-state index contributed by atoms with van der Waals surface area (Å²) < 4.78 is 53.5. The van der Waals surface area contributed by atoms with Gasteiger partial charge in [-0.25, -0.2) is 17.2 Å². The van der Waals surface area contributed by atoms with E-state index >= 15 is 0 Å². The molecule has 2 aromatic carbocycles. The molecule has 1 aliphatic heterocycles. The third-order valence-corrected chi connectivity index (χ3v) is 6.06. The number of piperazine rings is 1. The van der Waals surface area contributed by atoms with Gasteiger partial charge in [-0.05, 0) is 31.2 Å². The number of halogens is 2. The smallest absolute Gasteiger partial charge is 0.243 e. The van der Waals surface area contributed by atoms with Gasteiger partial charge in [-0.2, -0.15) is 4.31 Å². The molecule has 7 heteroatoms. The van der Waals surface area contributed by atoms with Crippen molar-refractivity contribution in [1.82, 2.24) is 4.31 Å². The first-order valence-electron chi connectivity index (χ1n) is 7.65. The predicted molar refractivity (Wildman–Crippen MR) is 88.5 cm³/mol. The number of sulfonamides is 1. The summed E-state index contributed by atoms with van der Waals surface area (Å²) in [4.78, 5) is 1.99. The average Bonchev–Trinajstić information content (AvgIpc) is 2.55. The van der Waals surface area contributed by atoms with Crippen molar-refractivity contribution in [3.8, 4) is 0 Å². The Labute approximate surface area is 140 Å². The van der Waals surface area contributed by atoms with Gasteiger partial charge in [-0.15, -0.1) is 0 Å². The summed E-state index contributed by atoms with van der Waals surface area (Å²) in [5.41, 5.74) is 1.29. The maximum Gasteiger partial charge on any atom is 0.243 e. The quantitative estimate of drug-likeness (QED) is 0.853. The molecule has 0 amide bonds. The fourth-order valence-electron chi connectivity index (χ4n) is 2.77. The second kappa shape index (κ2) is 6.49. The maximum absolute atomic E-state index is 13.9. The van der Waals surface area contributed by atoms with Crippen LogP contribution >= 0.6 is 0 Å². The zero-order valence-corrected chi connectivity index (χ0v) is 14.1. The van der Waals surface area contributed by atoms with Gasteiger partial charge in [0.15, 0.2) is 0 Å². The molecule has 1 aliphatic rings. The Morgan fingerprint density at radius 2 is 1.54 bits per heavy atom. The second-order valence-electron chi connectivity index (χ2n) is 5.80. The molecule has 1 fully saturated rings. The molecule has 0 atom stereocenters. The summed E-state index contributed by atoms with van der Waals surface area (Å²) >= 11 is 0. The Bertz CT molecular complexity index is 830. The zero-order chi connectivity index (χ0) is 17.3. The number of hydrogen-bond donors (Lipinski definition) is 0. The van der Waals surface area contributed by atoms with Crippen LogP contribution < -0.4 is 4.90 Å².